The molecular formula is C23H35NO2. The van der Waals surface area contributed by atoms with Gasteiger partial charge < -0.3 is 15.2 Å². The molecule has 26 heavy (non-hydrogen) atoms. The number of rotatable bonds is 2. The number of carbonyl (C=O) groups excluding carboxylic acids is 1. The second-order valence-corrected chi connectivity index (χ2v) is 8.08. The summed E-state index contributed by atoms with van der Waals surface area (Å²) >= 11 is 0. The molecule has 3 fully saturated rings. The molecule has 0 aromatic rings. The Kier molecular flexibility index (Phi) is 7.05. The number of nitrogens with one attached hydrogen (secondary N) is 1. The fourth-order valence-corrected chi connectivity index (χ4v) is 5.26. The van der Waals surface area contributed by atoms with Gasteiger partial charge in [-0.25, -0.2) is 0 Å². The second-order valence-electron chi connectivity index (χ2n) is 8.08. The van der Waals surface area contributed by atoms with Gasteiger partial charge in [-0.3, -0.25) is 0 Å². The number of allylic oxidation sites excluding steroid dienone is 5. The van der Waals surface area contributed by atoms with Crippen molar-refractivity contribution in [3.63, 3.8) is 0 Å². The Bertz CT molecular complexity index is 628. The van der Waals surface area contributed by atoms with Gasteiger partial charge >= 0.3 is 0 Å². The summed E-state index contributed by atoms with van der Waals surface area (Å²) in [4.78, 5) is 8.00. The molecule has 0 radical (unpaired) electrons. The summed E-state index contributed by atoms with van der Waals surface area (Å²) in [5.41, 5.74) is 7.17. The molecule has 3 saturated carbocycles. The minimum Gasteiger partial charge on any atom is -0.392 e. The maximum absolute atomic E-state index is 10.0. The third kappa shape index (κ3) is 3.88. The first-order valence-corrected chi connectivity index (χ1v) is 9.91. The number of fused-ring (bicyclic) bond motifs is 1. The van der Waals surface area contributed by atoms with Crippen molar-refractivity contribution in [3.05, 3.63) is 46.7 Å². The predicted octanol–water partition coefficient (Wildman–Crippen LogP) is 4.85. The van der Waals surface area contributed by atoms with Crippen molar-refractivity contribution >= 4 is 6.79 Å². The lowest BCUT2D eigenvalue weighted by molar-refractivity contribution is -0.0979. The number of carbonyl (C=O) groups is 1. The van der Waals surface area contributed by atoms with Gasteiger partial charge in [0.05, 0.1) is 6.10 Å². The van der Waals surface area contributed by atoms with Crippen molar-refractivity contribution in [1.82, 2.24) is 5.32 Å². The summed E-state index contributed by atoms with van der Waals surface area (Å²) in [5.74, 6) is 0.683. The normalized spacial score (nSPS) is 36.4. The topological polar surface area (TPSA) is 49.3 Å². The Morgan fingerprint density at radius 2 is 1.92 bits per heavy atom. The van der Waals surface area contributed by atoms with E-state index >= 15 is 0 Å². The quantitative estimate of drug-likeness (QED) is 0.743. The van der Waals surface area contributed by atoms with Crippen LogP contribution in [-0.2, 0) is 4.79 Å². The predicted molar refractivity (Wildman–Crippen MR) is 109 cm³/mol. The maximum atomic E-state index is 10.0. The summed E-state index contributed by atoms with van der Waals surface area (Å²) < 4.78 is 0. The molecule has 0 spiro atoms. The molecule has 0 amide bonds. The van der Waals surface area contributed by atoms with Crippen LogP contribution >= 0.6 is 0 Å². The lowest BCUT2D eigenvalue weighted by Gasteiger charge is -2.40. The molecule has 3 heteroatoms. The minimum absolute atomic E-state index is 0.332. The monoisotopic (exact) mass is 357 g/mol. The Morgan fingerprint density at radius 3 is 2.62 bits per heavy atom. The Morgan fingerprint density at radius 1 is 1.19 bits per heavy atom. The first-order valence-electron chi connectivity index (χ1n) is 9.91. The van der Waals surface area contributed by atoms with Crippen LogP contribution in [0.25, 0.3) is 0 Å². The SMILES string of the molecule is C=C1/C(=C\C=C2/CCCC3(C)/C(=C(/C)NC)CCC23)CCC[C@@H]1O.C=O. The molecule has 3 aliphatic carbocycles. The Hall–Kier alpha value is -1.61. The van der Waals surface area contributed by atoms with Gasteiger partial charge in [-0.05, 0) is 86.3 Å². The van der Waals surface area contributed by atoms with Gasteiger partial charge in [-0.2, -0.15) is 0 Å². The van der Waals surface area contributed by atoms with E-state index in [0.717, 1.165) is 24.8 Å². The zero-order valence-electron chi connectivity index (χ0n) is 16.7. The Labute approximate surface area is 159 Å². The fraction of sp³-hybridized carbons (Fsp3) is 0.609. The van der Waals surface area contributed by atoms with Gasteiger partial charge in [0.2, 0.25) is 0 Å². The molecule has 0 aromatic carbocycles. The number of hydrogen-bond acceptors (Lipinski definition) is 3. The van der Waals surface area contributed by atoms with Gasteiger partial charge in [-0.15, -0.1) is 0 Å². The summed E-state index contributed by atoms with van der Waals surface area (Å²) in [6, 6.07) is 0. The van der Waals surface area contributed by atoms with E-state index in [1.165, 1.54) is 43.4 Å². The highest BCUT2D eigenvalue weighted by atomic mass is 16.3. The number of aliphatic hydroxyl groups excluding tert-OH is 1. The van der Waals surface area contributed by atoms with Crippen LogP contribution in [0.5, 0.6) is 0 Å². The molecule has 3 aliphatic rings. The molecule has 0 aliphatic heterocycles. The van der Waals surface area contributed by atoms with E-state index in [0.29, 0.717) is 11.3 Å². The average Bonchev–Trinajstić information content (AvgIpc) is 3.01. The molecule has 0 bridgehead atoms. The van der Waals surface area contributed by atoms with E-state index in [-0.39, 0.29) is 6.10 Å². The molecule has 3 atom stereocenters. The van der Waals surface area contributed by atoms with Crippen LogP contribution in [0.1, 0.15) is 65.2 Å². The lowest BCUT2D eigenvalue weighted by atomic mass is 9.65. The Balaban J connectivity index is 0.00000117. The zero-order chi connectivity index (χ0) is 19.3. The summed E-state index contributed by atoms with van der Waals surface area (Å²) in [7, 11) is 2.04. The molecule has 0 saturated heterocycles. The maximum Gasteiger partial charge on any atom is 0.106 e. The van der Waals surface area contributed by atoms with Crippen LogP contribution in [0.2, 0.25) is 0 Å². The molecule has 3 nitrogen and oxygen atoms in total. The van der Waals surface area contributed by atoms with E-state index in [2.05, 4.69) is 37.9 Å². The smallest absolute Gasteiger partial charge is 0.106 e. The van der Waals surface area contributed by atoms with Crippen LogP contribution in [0.4, 0.5) is 0 Å². The zero-order valence-corrected chi connectivity index (χ0v) is 16.7. The van der Waals surface area contributed by atoms with Crippen LogP contribution < -0.4 is 5.32 Å². The standard InChI is InChI=1S/C22H33NO.CH2O/c1-15-17(7-5-9-21(15)24)10-11-18-8-6-14-22(3)19(16(2)23-4)12-13-20(18)22;1-2/h10-11,20-21,23-24H,1,5-9,12-14H2,2-4H3;1H2/b17-10-,18-11+,19-16-;/t20?,21-,22?;/m0./s1. The van der Waals surface area contributed by atoms with Crippen molar-refractivity contribution in [2.75, 3.05) is 7.05 Å². The number of aliphatic hydroxyl groups is 1. The molecular weight excluding hydrogens is 322 g/mol. The summed E-state index contributed by atoms with van der Waals surface area (Å²) in [6.07, 6.45) is 13.6. The van der Waals surface area contributed by atoms with Crippen molar-refractivity contribution in [2.45, 2.75) is 71.3 Å². The third-order valence-electron chi connectivity index (χ3n) is 6.82. The van der Waals surface area contributed by atoms with Crippen molar-refractivity contribution < 1.29 is 9.90 Å². The highest BCUT2D eigenvalue weighted by molar-refractivity contribution is 5.39. The van der Waals surface area contributed by atoms with Crippen molar-refractivity contribution in [3.8, 4) is 0 Å². The van der Waals surface area contributed by atoms with Crippen LogP contribution in [0, 0.1) is 11.3 Å². The van der Waals surface area contributed by atoms with Crippen molar-refractivity contribution in [1.29, 1.82) is 0 Å². The van der Waals surface area contributed by atoms with Gasteiger partial charge in [-0.1, -0.05) is 31.2 Å². The van der Waals surface area contributed by atoms with Gasteiger partial charge in [0.1, 0.15) is 6.79 Å². The molecule has 2 N–H and O–H groups in total. The highest BCUT2D eigenvalue weighted by Crippen LogP contribution is 2.57. The highest BCUT2D eigenvalue weighted by Gasteiger charge is 2.46. The molecule has 0 heterocycles. The molecule has 2 unspecified atom stereocenters. The number of hydrogen-bond donors (Lipinski definition) is 2. The first kappa shape index (κ1) is 20.7. The molecule has 0 aromatic heterocycles. The summed E-state index contributed by atoms with van der Waals surface area (Å²) in [5, 5.41) is 13.4. The van der Waals surface area contributed by atoms with E-state index in [9.17, 15) is 5.11 Å². The van der Waals surface area contributed by atoms with E-state index in [1.807, 2.05) is 13.8 Å². The average molecular weight is 358 g/mol. The van der Waals surface area contributed by atoms with Gasteiger partial charge in [0.25, 0.3) is 0 Å². The van der Waals surface area contributed by atoms with E-state index in [1.54, 1.807) is 11.1 Å². The largest absolute Gasteiger partial charge is 0.392 e. The molecule has 144 valence electrons. The fourth-order valence-electron chi connectivity index (χ4n) is 5.26. The minimum atomic E-state index is -0.334. The van der Waals surface area contributed by atoms with Gasteiger partial charge in [0, 0.05) is 12.7 Å². The van der Waals surface area contributed by atoms with Crippen LogP contribution in [-0.4, -0.2) is 25.0 Å². The summed E-state index contributed by atoms with van der Waals surface area (Å²) in [6.45, 7) is 10.8. The first-order chi connectivity index (χ1) is 12.5. The van der Waals surface area contributed by atoms with Crippen LogP contribution in [0.3, 0.4) is 0 Å². The molecule has 3 rings (SSSR count). The van der Waals surface area contributed by atoms with E-state index < -0.39 is 0 Å². The van der Waals surface area contributed by atoms with Crippen molar-refractivity contribution in [2.24, 2.45) is 11.3 Å². The van der Waals surface area contributed by atoms with Crippen LogP contribution in [0.15, 0.2) is 46.7 Å². The third-order valence-corrected chi connectivity index (χ3v) is 6.82. The van der Waals surface area contributed by atoms with Gasteiger partial charge in [0.15, 0.2) is 0 Å². The van der Waals surface area contributed by atoms with E-state index in [4.69, 9.17) is 4.79 Å². The lowest BCUT2D eigenvalue weighted by Crippen LogP contribution is -2.30. The second kappa shape index (κ2) is 8.85.